The third kappa shape index (κ3) is 3.87. The van der Waals surface area contributed by atoms with Crippen molar-refractivity contribution in [3.63, 3.8) is 0 Å². The topological polar surface area (TPSA) is 29.3 Å². The summed E-state index contributed by atoms with van der Waals surface area (Å²) >= 11 is 6.38. The van der Waals surface area contributed by atoms with Crippen LogP contribution in [0.1, 0.15) is 38.2 Å². The Balaban J connectivity index is 2.00. The van der Waals surface area contributed by atoms with E-state index in [0.29, 0.717) is 0 Å². The van der Waals surface area contributed by atoms with Gasteiger partial charge in [-0.25, -0.2) is 0 Å². The second-order valence-corrected chi connectivity index (χ2v) is 6.23. The maximum atomic E-state index is 6.38. The number of hydrogen-bond acceptors (Lipinski definition) is 2. The number of benzene rings is 1. The van der Waals surface area contributed by atoms with Crippen LogP contribution in [-0.4, -0.2) is 19.6 Å². The Labute approximate surface area is 121 Å². The molecule has 2 N–H and O–H groups in total. The van der Waals surface area contributed by atoms with Crippen LogP contribution in [0, 0.1) is 5.92 Å². The van der Waals surface area contributed by atoms with Gasteiger partial charge in [0.1, 0.15) is 0 Å². The number of hydrogen-bond donors (Lipinski definition) is 1. The van der Waals surface area contributed by atoms with Gasteiger partial charge in [-0.15, -0.1) is 0 Å². The SMILES string of the molecule is CCC(N)Cc1ccc(N(C)CC2CCC2)cc1Cl. The predicted octanol–water partition coefficient (Wildman–Crippen LogP) is 3.86. The number of rotatable bonds is 6. The van der Waals surface area contributed by atoms with Crippen molar-refractivity contribution in [2.24, 2.45) is 11.7 Å². The predicted molar refractivity (Wildman–Crippen MR) is 84.0 cm³/mol. The summed E-state index contributed by atoms with van der Waals surface area (Å²) in [6, 6.07) is 6.58. The van der Waals surface area contributed by atoms with Crippen LogP contribution in [-0.2, 0) is 6.42 Å². The molecule has 1 fully saturated rings. The van der Waals surface area contributed by atoms with Crippen LogP contribution in [0.5, 0.6) is 0 Å². The molecule has 0 bridgehead atoms. The first-order chi connectivity index (χ1) is 9.10. The van der Waals surface area contributed by atoms with Crippen molar-refractivity contribution in [1.29, 1.82) is 0 Å². The summed E-state index contributed by atoms with van der Waals surface area (Å²) in [7, 11) is 2.15. The highest BCUT2D eigenvalue weighted by atomic mass is 35.5. The zero-order chi connectivity index (χ0) is 13.8. The first-order valence-electron chi connectivity index (χ1n) is 7.35. The maximum absolute atomic E-state index is 6.38. The lowest BCUT2D eigenvalue weighted by atomic mass is 9.85. The molecule has 2 nitrogen and oxygen atoms in total. The fraction of sp³-hybridized carbons (Fsp3) is 0.625. The molecular formula is C16H25ClN2. The van der Waals surface area contributed by atoms with E-state index in [0.717, 1.165) is 35.9 Å². The van der Waals surface area contributed by atoms with Crippen LogP contribution in [0.15, 0.2) is 18.2 Å². The molecule has 0 amide bonds. The van der Waals surface area contributed by atoms with Gasteiger partial charge < -0.3 is 10.6 Å². The third-order valence-corrected chi connectivity index (χ3v) is 4.59. The molecule has 0 heterocycles. The Morgan fingerprint density at radius 1 is 1.42 bits per heavy atom. The van der Waals surface area contributed by atoms with E-state index in [4.69, 9.17) is 17.3 Å². The molecule has 1 saturated carbocycles. The van der Waals surface area contributed by atoms with Crippen LogP contribution in [0.3, 0.4) is 0 Å². The van der Waals surface area contributed by atoms with Gasteiger partial charge in [0.25, 0.3) is 0 Å². The zero-order valence-corrected chi connectivity index (χ0v) is 12.8. The third-order valence-electron chi connectivity index (χ3n) is 4.24. The molecule has 3 heteroatoms. The van der Waals surface area contributed by atoms with Crippen molar-refractivity contribution in [2.75, 3.05) is 18.5 Å². The molecule has 0 spiro atoms. The first-order valence-corrected chi connectivity index (χ1v) is 7.73. The lowest BCUT2D eigenvalue weighted by Gasteiger charge is -2.31. The average Bonchev–Trinajstić information content (AvgIpc) is 2.35. The maximum Gasteiger partial charge on any atom is 0.0459 e. The highest BCUT2D eigenvalue weighted by Gasteiger charge is 2.19. The second-order valence-electron chi connectivity index (χ2n) is 5.83. The highest BCUT2D eigenvalue weighted by Crippen LogP contribution is 2.30. The summed E-state index contributed by atoms with van der Waals surface area (Å²) < 4.78 is 0. The van der Waals surface area contributed by atoms with E-state index in [1.54, 1.807) is 0 Å². The van der Waals surface area contributed by atoms with Gasteiger partial charge in [0.15, 0.2) is 0 Å². The van der Waals surface area contributed by atoms with Crippen molar-refractivity contribution in [3.05, 3.63) is 28.8 Å². The minimum absolute atomic E-state index is 0.205. The summed E-state index contributed by atoms with van der Waals surface area (Å²) in [4.78, 5) is 2.32. The smallest absolute Gasteiger partial charge is 0.0459 e. The summed E-state index contributed by atoms with van der Waals surface area (Å²) in [5, 5.41) is 0.849. The minimum atomic E-state index is 0.205. The summed E-state index contributed by atoms with van der Waals surface area (Å²) in [5.74, 6) is 0.872. The van der Waals surface area contributed by atoms with Crippen molar-refractivity contribution in [2.45, 2.75) is 45.1 Å². The van der Waals surface area contributed by atoms with Crippen molar-refractivity contribution in [1.82, 2.24) is 0 Å². The van der Waals surface area contributed by atoms with Gasteiger partial charge in [-0.3, -0.25) is 0 Å². The fourth-order valence-corrected chi connectivity index (χ4v) is 2.79. The monoisotopic (exact) mass is 280 g/mol. The van der Waals surface area contributed by atoms with Crippen LogP contribution >= 0.6 is 11.6 Å². The van der Waals surface area contributed by atoms with Gasteiger partial charge in [-0.05, 0) is 49.3 Å². The molecule has 1 aliphatic carbocycles. The lowest BCUT2D eigenvalue weighted by molar-refractivity contribution is 0.321. The van der Waals surface area contributed by atoms with Crippen molar-refractivity contribution in [3.8, 4) is 0 Å². The summed E-state index contributed by atoms with van der Waals surface area (Å²) in [6.07, 6.45) is 6.00. The van der Waals surface area contributed by atoms with Gasteiger partial charge in [0.2, 0.25) is 0 Å². The number of nitrogens with zero attached hydrogens (tertiary/aromatic N) is 1. The second kappa shape index (κ2) is 6.62. The van der Waals surface area contributed by atoms with E-state index in [1.165, 1.54) is 24.9 Å². The van der Waals surface area contributed by atoms with Crippen LogP contribution < -0.4 is 10.6 Å². The molecule has 1 atom stereocenters. The first kappa shape index (κ1) is 14.7. The molecule has 0 saturated heterocycles. The van der Waals surface area contributed by atoms with E-state index >= 15 is 0 Å². The molecule has 1 aromatic carbocycles. The molecule has 0 aliphatic heterocycles. The van der Waals surface area contributed by atoms with Crippen molar-refractivity contribution < 1.29 is 0 Å². The van der Waals surface area contributed by atoms with Gasteiger partial charge in [-0.2, -0.15) is 0 Å². The van der Waals surface area contributed by atoms with Crippen LogP contribution in [0.2, 0.25) is 5.02 Å². The van der Waals surface area contributed by atoms with E-state index in [-0.39, 0.29) is 6.04 Å². The fourth-order valence-electron chi connectivity index (χ4n) is 2.53. The molecule has 1 aromatic rings. The number of halogens is 1. The van der Waals surface area contributed by atoms with Gasteiger partial charge >= 0.3 is 0 Å². The van der Waals surface area contributed by atoms with E-state index in [9.17, 15) is 0 Å². The molecule has 106 valence electrons. The summed E-state index contributed by atoms with van der Waals surface area (Å²) in [5.41, 5.74) is 8.37. The van der Waals surface area contributed by atoms with E-state index in [1.807, 2.05) is 0 Å². The summed E-state index contributed by atoms with van der Waals surface area (Å²) in [6.45, 7) is 3.25. The Hall–Kier alpha value is -0.730. The Bertz CT molecular complexity index is 415. The quantitative estimate of drug-likeness (QED) is 0.857. The molecule has 1 aliphatic rings. The van der Waals surface area contributed by atoms with Crippen LogP contribution in [0.4, 0.5) is 5.69 Å². The Morgan fingerprint density at radius 2 is 2.16 bits per heavy atom. The lowest BCUT2D eigenvalue weighted by Crippen LogP contribution is -2.29. The Morgan fingerprint density at radius 3 is 2.68 bits per heavy atom. The minimum Gasteiger partial charge on any atom is -0.374 e. The largest absolute Gasteiger partial charge is 0.374 e. The number of nitrogens with two attached hydrogens (primary N) is 1. The molecule has 0 aromatic heterocycles. The standard InChI is InChI=1S/C16H25ClN2/c1-3-14(18)9-13-7-8-15(10-16(13)17)19(2)11-12-5-4-6-12/h7-8,10,12,14H,3-6,9,11,18H2,1-2H3. The molecule has 2 rings (SSSR count). The van der Waals surface area contributed by atoms with Gasteiger partial charge in [0, 0.05) is 30.3 Å². The van der Waals surface area contributed by atoms with E-state index in [2.05, 4.69) is 37.1 Å². The molecule has 1 unspecified atom stereocenters. The molecule has 0 radical (unpaired) electrons. The van der Waals surface area contributed by atoms with Gasteiger partial charge in [0.05, 0.1) is 0 Å². The normalized spacial score (nSPS) is 17.1. The van der Waals surface area contributed by atoms with Crippen molar-refractivity contribution >= 4 is 17.3 Å². The van der Waals surface area contributed by atoms with E-state index < -0.39 is 0 Å². The Kier molecular flexibility index (Phi) is 5.12. The average molecular weight is 281 g/mol. The molecule has 19 heavy (non-hydrogen) atoms. The highest BCUT2D eigenvalue weighted by molar-refractivity contribution is 6.31. The number of anilines is 1. The van der Waals surface area contributed by atoms with Crippen LogP contribution in [0.25, 0.3) is 0 Å². The zero-order valence-electron chi connectivity index (χ0n) is 12.0. The molecular weight excluding hydrogens is 256 g/mol. The van der Waals surface area contributed by atoms with Gasteiger partial charge in [-0.1, -0.05) is 31.0 Å².